The van der Waals surface area contributed by atoms with Crippen LogP contribution in [-0.2, 0) is 0 Å². The lowest BCUT2D eigenvalue weighted by molar-refractivity contribution is 0.0998. The van der Waals surface area contributed by atoms with Crippen LogP contribution in [0.2, 0.25) is 5.02 Å². The van der Waals surface area contributed by atoms with Crippen LogP contribution < -0.4 is 4.13 Å². The van der Waals surface area contributed by atoms with Gasteiger partial charge in [0.05, 0.1) is 15.4 Å². The van der Waals surface area contributed by atoms with Gasteiger partial charge in [0.25, 0.3) is 0 Å². The Kier molecular flexibility index (Phi) is 6.90. The molecule has 0 fully saturated rings. The third-order valence-corrected chi connectivity index (χ3v) is 5.15. The second kappa shape index (κ2) is 8.72. The third kappa shape index (κ3) is 4.76. The van der Waals surface area contributed by atoms with Crippen molar-refractivity contribution in [2.45, 2.75) is 9.79 Å². The summed E-state index contributed by atoms with van der Waals surface area (Å²) in [5.74, 6) is -2.45. The fourth-order valence-corrected chi connectivity index (χ4v) is 4.24. The molecule has 2 aromatic carbocycles. The van der Waals surface area contributed by atoms with Gasteiger partial charge in [-0.1, -0.05) is 27.5 Å². The number of hydrogen-bond acceptors (Lipinski definition) is 8. The van der Waals surface area contributed by atoms with Crippen molar-refractivity contribution in [3.8, 4) is 5.75 Å². The summed E-state index contributed by atoms with van der Waals surface area (Å²) in [7, 11) is 0. The first-order chi connectivity index (χ1) is 11.9. The first-order valence-corrected chi connectivity index (χ1v) is 8.99. The molecule has 0 heterocycles. The number of carbonyl (C=O) groups excluding carboxylic acids is 1. The molecule has 2 aromatic rings. The number of aromatic hydroxyl groups is 1. The highest BCUT2D eigenvalue weighted by molar-refractivity contribution is 9.10. The number of carbonyl (C=O) groups is 1. The number of phenols is 1. The average molecular weight is 467 g/mol. The van der Waals surface area contributed by atoms with Crippen molar-refractivity contribution < 1.29 is 14.3 Å². The standard InChI is InChI=1S/C13H6BrClFN3O4S2/c14-5-1-8(16)11(17-22)9(2-5)24-19-25-10-4-6(15)3-7(12(10)20)13(21)18-23/h1-4,19-20H. The zero-order valence-corrected chi connectivity index (χ0v) is 15.8. The maximum absolute atomic E-state index is 13.7. The molecule has 2 rings (SSSR count). The lowest BCUT2D eigenvalue weighted by Gasteiger charge is -2.09. The summed E-state index contributed by atoms with van der Waals surface area (Å²) in [5.41, 5.74) is -0.724. The van der Waals surface area contributed by atoms with Crippen molar-refractivity contribution in [3.05, 3.63) is 55.0 Å². The quantitative estimate of drug-likeness (QED) is 0.424. The van der Waals surface area contributed by atoms with Crippen LogP contribution in [-0.4, -0.2) is 11.0 Å². The van der Waals surface area contributed by atoms with Gasteiger partial charge in [-0.15, -0.1) is 9.81 Å². The molecule has 25 heavy (non-hydrogen) atoms. The molecule has 0 spiro atoms. The SMILES string of the molecule is O=NC(=O)c1cc(Cl)cc(SNSc2cc(Br)cc(F)c2N=O)c1O. The predicted molar refractivity (Wildman–Crippen MR) is 97.6 cm³/mol. The van der Waals surface area contributed by atoms with Crippen LogP contribution in [0, 0.1) is 15.6 Å². The number of nitrogens with zero attached hydrogens (tertiary/aromatic N) is 2. The van der Waals surface area contributed by atoms with Gasteiger partial charge >= 0.3 is 5.91 Å². The van der Waals surface area contributed by atoms with Crippen molar-refractivity contribution in [2.24, 2.45) is 10.4 Å². The van der Waals surface area contributed by atoms with E-state index in [1.807, 2.05) is 0 Å². The Bertz CT molecular complexity index is 872. The highest BCUT2D eigenvalue weighted by Crippen LogP contribution is 2.38. The molecule has 130 valence electrons. The number of hydrogen-bond donors (Lipinski definition) is 2. The number of halogens is 3. The van der Waals surface area contributed by atoms with E-state index in [9.17, 15) is 24.1 Å². The highest BCUT2D eigenvalue weighted by atomic mass is 79.9. The first-order valence-electron chi connectivity index (χ1n) is 6.18. The summed E-state index contributed by atoms with van der Waals surface area (Å²) in [5, 5.41) is 15.0. The van der Waals surface area contributed by atoms with E-state index in [1.54, 1.807) is 0 Å². The monoisotopic (exact) mass is 465 g/mol. The van der Waals surface area contributed by atoms with Gasteiger partial charge in [-0.2, -0.15) is 4.13 Å². The van der Waals surface area contributed by atoms with E-state index in [0.717, 1.165) is 36.0 Å². The molecule has 0 bridgehead atoms. The summed E-state index contributed by atoms with van der Waals surface area (Å²) >= 11 is 10.6. The van der Waals surface area contributed by atoms with Crippen LogP contribution in [0.1, 0.15) is 10.4 Å². The Morgan fingerprint density at radius 3 is 2.52 bits per heavy atom. The summed E-state index contributed by atoms with van der Waals surface area (Å²) in [6.07, 6.45) is 0. The van der Waals surface area contributed by atoms with E-state index < -0.39 is 17.5 Å². The normalized spacial score (nSPS) is 10.5. The largest absolute Gasteiger partial charge is 0.506 e. The second-order valence-corrected chi connectivity index (χ2v) is 7.62. The number of nitrogens with one attached hydrogen (secondary N) is 1. The van der Waals surface area contributed by atoms with Gasteiger partial charge in [-0.05, 0) is 53.3 Å². The van der Waals surface area contributed by atoms with Gasteiger partial charge in [0.1, 0.15) is 5.75 Å². The maximum Gasteiger partial charge on any atom is 0.320 e. The minimum Gasteiger partial charge on any atom is -0.506 e. The lowest BCUT2D eigenvalue weighted by atomic mass is 10.2. The lowest BCUT2D eigenvalue weighted by Crippen LogP contribution is -1.97. The van der Waals surface area contributed by atoms with Gasteiger partial charge in [0.15, 0.2) is 11.5 Å². The first kappa shape index (κ1) is 19.8. The van der Waals surface area contributed by atoms with Crippen LogP contribution in [0.3, 0.4) is 0 Å². The molecular weight excluding hydrogens is 461 g/mol. The molecule has 0 aromatic heterocycles. The van der Waals surface area contributed by atoms with Gasteiger partial charge in [0, 0.05) is 14.7 Å². The van der Waals surface area contributed by atoms with E-state index in [0.29, 0.717) is 4.47 Å². The summed E-state index contributed by atoms with van der Waals surface area (Å²) < 4.78 is 16.8. The summed E-state index contributed by atoms with van der Waals surface area (Å²) in [4.78, 5) is 32.8. The van der Waals surface area contributed by atoms with Crippen molar-refractivity contribution in [2.75, 3.05) is 0 Å². The fraction of sp³-hybridized carbons (Fsp3) is 0. The van der Waals surface area contributed by atoms with E-state index in [4.69, 9.17) is 11.6 Å². The minimum absolute atomic E-state index is 0.0999. The molecule has 0 radical (unpaired) electrons. The molecule has 0 atom stereocenters. The zero-order chi connectivity index (χ0) is 18.6. The molecule has 12 heteroatoms. The molecular formula is C13H6BrClFN3O4S2. The molecule has 7 nitrogen and oxygen atoms in total. The van der Waals surface area contributed by atoms with Crippen LogP contribution in [0.25, 0.3) is 0 Å². The van der Waals surface area contributed by atoms with E-state index in [1.165, 1.54) is 12.1 Å². The van der Waals surface area contributed by atoms with Crippen LogP contribution in [0.15, 0.2) is 48.9 Å². The van der Waals surface area contributed by atoms with Crippen molar-refractivity contribution in [1.29, 1.82) is 0 Å². The van der Waals surface area contributed by atoms with Gasteiger partial charge in [-0.25, -0.2) is 4.39 Å². The van der Waals surface area contributed by atoms with E-state index in [-0.39, 0.29) is 26.1 Å². The van der Waals surface area contributed by atoms with Crippen molar-refractivity contribution in [1.82, 2.24) is 4.13 Å². The summed E-state index contributed by atoms with van der Waals surface area (Å²) in [6, 6.07) is 5.02. The smallest absolute Gasteiger partial charge is 0.320 e. The minimum atomic E-state index is -1.17. The third-order valence-electron chi connectivity index (χ3n) is 2.74. The van der Waals surface area contributed by atoms with E-state index >= 15 is 0 Å². The highest BCUT2D eigenvalue weighted by Gasteiger charge is 2.18. The number of nitroso groups, excluding NO2 is 2. The van der Waals surface area contributed by atoms with Crippen LogP contribution in [0.4, 0.5) is 10.1 Å². The molecule has 1 amide bonds. The molecule has 0 aliphatic heterocycles. The van der Waals surface area contributed by atoms with Crippen LogP contribution >= 0.6 is 51.4 Å². The maximum atomic E-state index is 13.7. The Hall–Kier alpha value is -1.53. The predicted octanol–water partition coefficient (Wildman–Crippen LogP) is 5.56. The molecule has 2 N–H and O–H groups in total. The molecule has 0 saturated heterocycles. The Labute approximate surface area is 162 Å². The summed E-state index contributed by atoms with van der Waals surface area (Å²) in [6.45, 7) is 0. The number of benzene rings is 2. The average Bonchev–Trinajstić information content (AvgIpc) is 2.56. The number of rotatable bonds is 6. The van der Waals surface area contributed by atoms with E-state index in [2.05, 4.69) is 30.4 Å². The number of phenolic OH excluding ortho intramolecular Hbond substituents is 1. The molecule has 0 aliphatic carbocycles. The van der Waals surface area contributed by atoms with Crippen LogP contribution in [0.5, 0.6) is 5.75 Å². The van der Waals surface area contributed by atoms with Gasteiger partial charge in [0.2, 0.25) is 0 Å². The van der Waals surface area contributed by atoms with Crippen molar-refractivity contribution in [3.63, 3.8) is 0 Å². The van der Waals surface area contributed by atoms with Crippen molar-refractivity contribution >= 4 is 63.0 Å². The fourth-order valence-electron chi connectivity index (χ4n) is 1.68. The van der Waals surface area contributed by atoms with Gasteiger partial charge in [-0.3, -0.25) is 4.79 Å². The molecule has 0 unspecified atom stereocenters. The van der Waals surface area contributed by atoms with Gasteiger partial charge < -0.3 is 5.11 Å². The molecule has 0 saturated carbocycles. The topological polar surface area (TPSA) is 108 Å². The Morgan fingerprint density at radius 2 is 1.88 bits per heavy atom. The molecule has 0 aliphatic rings. The zero-order valence-electron chi connectivity index (χ0n) is 11.8. The Balaban J connectivity index is 2.21. The second-order valence-electron chi connectivity index (χ2n) is 4.31. The Morgan fingerprint density at radius 1 is 1.20 bits per heavy atom. The number of amides is 1.